The fraction of sp³-hybridized carbons (Fsp3) is 0.250. The molecule has 0 aromatic heterocycles. The Balaban J connectivity index is 2.56. The molecule has 1 aromatic carbocycles. The van der Waals surface area contributed by atoms with Crippen molar-refractivity contribution < 1.29 is 9.90 Å². The molecule has 0 amide bonds. The summed E-state index contributed by atoms with van der Waals surface area (Å²) >= 11 is 5.86. The zero-order valence-corrected chi connectivity index (χ0v) is 9.79. The van der Waals surface area contributed by atoms with Gasteiger partial charge in [0.25, 0.3) is 0 Å². The lowest BCUT2D eigenvalue weighted by molar-refractivity contribution is -0.132. The predicted octanol–water partition coefficient (Wildman–Crippen LogP) is 2.63. The normalized spacial score (nSPS) is 12.1. The van der Waals surface area contributed by atoms with Crippen LogP contribution in [-0.2, 0) is 4.79 Å². The van der Waals surface area contributed by atoms with Crippen molar-refractivity contribution in [1.29, 1.82) is 0 Å². The van der Waals surface area contributed by atoms with Crippen LogP contribution in [0.4, 0.5) is 0 Å². The van der Waals surface area contributed by atoms with E-state index in [2.05, 4.69) is 11.9 Å². The Labute approximate surface area is 99.7 Å². The van der Waals surface area contributed by atoms with E-state index in [9.17, 15) is 4.79 Å². The van der Waals surface area contributed by atoms with Gasteiger partial charge in [-0.3, -0.25) is 0 Å². The molecule has 0 saturated carbocycles. The molecule has 0 spiro atoms. The number of nitrogens with one attached hydrogen (secondary N) is 1. The molecular formula is C12H14ClNO2. The van der Waals surface area contributed by atoms with Gasteiger partial charge in [0.15, 0.2) is 0 Å². The summed E-state index contributed by atoms with van der Waals surface area (Å²) in [7, 11) is 0. The average Bonchev–Trinajstić information content (AvgIpc) is 2.25. The van der Waals surface area contributed by atoms with Gasteiger partial charge >= 0.3 is 5.97 Å². The molecule has 0 unspecified atom stereocenters. The van der Waals surface area contributed by atoms with E-state index in [4.69, 9.17) is 16.7 Å². The van der Waals surface area contributed by atoms with Gasteiger partial charge < -0.3 is 10.4 Å². The quantitative estimate of drug-likeness (QED) is 0.777. The van der Waals surface area contributed by atoms with Crippen LogP contribution in [-0.4, -0.2) is 17.6 Å². The third kappa shape index (κ3) is 3.68. The lowest BCUT2D eigenvalue weighted by Gasteiger charge is -2.14. The van der Waals surface area contributed by atoms with Gasteiger partial charge in [-0.1, -0.05) is 30.3 Å². The van der Waals surface area contributed by atoms with Crippen molar-refractivity contribution in [2.75, 3.05) is 6.54 Å². The molecule has 3 nitrogen and oxygen atoms in total. The molecule has 0 aliphatic rings. The SMILES string of the molecule is C=C(CN[C@@H](C)c1cccc(Cl)c1)C(=O)O. The second kappa shape index (κ2) is 5.68. The number of carboxylic acids is 1. The minimum Gasteiger partial charge on any atom is -0.478 e. The van der Waals surface area contributed by atoms with Crippen molar-refractivity contribution in [3.63, 3.8) is 0 Å². The zero-order chi connectivity index (χ0) is 12.1. The summed E-state index contributed by atoms with van der Waals surface area (Å²) in [6, 6.07) is 7.49. The second-order valence-corrected chi connectivity index (χ2v) is 4.00. The van der Waals surface area contributed by atoms with Gasteiger partial charge in [-0.15, -0.1) is 0 Å². The Kier molecular flexibility index (Phi) is 4.52. The second-order valence-electron chi connectivity index (χ2n) is 3.57. The summed E-state index contributed by atoms with van der Waals surface area (Å²) in [6.07, 6.45) is 0. The van der Waals surface area contributed by atoms with E-state index in [1.54, 1.807) is 6.07 Å². The first-order valence-electron chi connectivity index (χ1n) is 4.90. The van der Waals surface area contributed by atoms with Crippen LogP contribution in [0.3, 0.4) is 0 Å². The Hall–Kier alpha value is -1.32. The largest absolute Gasteiger partial charge is 0.478 e. The number of hydrogen-bond donors (Lipinski definition) is 2. The molecule has 16 heavy (non-hydrogen) atoms. The highest BCUT2D eigenvalue weighted by atomic mass is 35.5. The smallest absolute Gasteiger partial charge is 0.332 e. The van der Waals surface area contributed by atoms with Crippen molar-refractivity contribution in [3.8, 4) is 0 Å². The van der Waals surface area contributed by atoms with Crippen LogP contribution >= 0.6 is 11.6 Å². The lowest BCUT2D eigenvalue weighted by Crippen LogP contribution is -2.23. The predicted molar refractivity (Wildman–Crippen MR) is 64.6 cm³/mol. The Morgan fingerprint density at radius 1 is 1.62 bits per heavy atom. The van der Waals surface area contributed by atoms with Crippen molar-refractivity contribution >= 4 is 17.6 Å². The minimum absolute atomic E-state index is 0.0369. The van der Waals surface area contributed by atoms with Crippen LogP contribution in [0.25, 0.3) is 0 Å². The average molecular weight is 240 g/mol. The summed E-state index contributed by atoms with van der Waals surface area (Å²) in [5, 5.41) is 12.4. The molecule has 0 aliphatic carbocycles. The molecule has 1 atom stereocenters. The van der Waals surface area contributed by atoms with Crippen LogP contribution in [0.5, 0.6) is 0 Å². The summed E-state index contributed by atoms with van der Waals surface area (Å²) in [4.78, 5) is 10.5. The monoisotopic (exact) mass is 239 g/mol. The van der Waals surface area contributed by atoms with Crippen LogP contribution in [0.2, 0.25) is 5.02 Å². The van der Waals surface area contributed by atoms with E-state index in [1.165, 1.54) is 0 Å². The van der Waals surface area contributed by atoms with E-state index in [0.717, 1.165) is 5.56 Å². The number of halogens is 1. The zero-order valence-electron chi connectivity index (χ0n) is 9.03. The molecule has 86 valence electrons. The highest BCUT2D eigenvalue weighted by Gasteiger charge is 2.08. The fourth-order valence-corrected chi connectivity index (χ4v) is 1.44. The van der Waals surface area contributed by atoms with Crippen LogP contribution < -0.4 is 5.32 Å². The van der Waals surface area contributed by atoms with Gasteiger partial charge in [0, 0.05) is 23.2 Å². The third-order valence-electron chi connectivity index (χ3n) is 2.27. The summed E-state index contributed by atoms with van der Waals surface area (Å²) in [5.41, 5.74) is 1.17. The lowest BCUT2D eigenvalue weighted by atomic mass is 10.1. The molecule has 0 fully saturated rings. The van der Waals surface area contributed by atoms with Crippen LogP contribution in [0.1, 0.15) is 18.5 Å². The molecule has 2 N–H and O–H groups in total. The van der Waals surface area contributed by atoms with Gasteiger partial charge in [-0.05, 0) is 24.6 Å². The van der Waals surface area contributed by atoms with Gasteiger partial charge in [0.1, 0.15) is 0 Å². The van der Waals surface area contributed by atoms with Crippen LogP contribution in [0, 0.1) is 0 Å². The van der Waals surface area contributed by atoms with E-state index in [-0.39, 0.29) is 18.2 Å². The minimum atomic E-state index is -0.981. The molecule has 1 aromatic rings. The highest BCUT2D eigenvalue weighted by Crippen LogP contribution is 2.17. The number of rotatable bonds is 5. The van der Waals surface area contributed by atoms with E-state index >= 15 is 0 Å². The number of hydrogen-bond acceptors (Lipinski definition) is 2. The Morgan fingerprint density at radius 3 is 2.88 bits per heavy atom. The first kappa shape index (κ1) is 12.7. The number of benzene rings is 1. The van der Waals surface area contributed by atoms with E-state index in [1.807, 2.05) is 25.1 Å². The highest BCUT2D eigenvalue weighted by molar-refractivity contribution is 6.30. The van der Waals surface area contributed by atoms with Crippen LogP contribution in [0.15, 0.2) is 36.4 Å². The van der Waals surface area contributed by atoms with Gasteiger partial charge in [-0.2, -0.15) is 0 Å². The van der Waals surface area contributed by atoms with Gasteiger partial charge in [0.2, 0.25) is 0 Å². The van der Waals surface area contributed by atoms with Crippen molar-refractivity contribution in [2.24, 2.45) is 0 Å². The van der Waals surface area contributed by atoms with Crippen molar-refractivity contribution in [2.45, 2.75) is 13.0 Å². The summed E-state index contributed by atoms with van der Waals surface area (Å²) in [5.74, 6) is -0.981. The maximum absolute atomic E-state index is 10.5. The van der Waals surface area contributed by atoms with E-state index < -0.39 is 5.97 Å². The topological polar surface area (TPSA) is 49.3 Å². The maximum atomic E-state index is 10.5. The number of aliphatic carboxylic acids is 1. The van der Waals surface area contributed by atoms with Crippen molar-refractivity contribution in [3.05, 3.63) is 47.0 Å². The first-order chi connectivity index (χ1) is 7.50. The number of carbonyl (C=O) groups is 1. The maximum Gasteiger partial charge on any atom is 0.332 e. The summed E-state index contributed by atoms with van der Waals surface area (Å²) < 4.78 is 0. The number of carboxylic acid groups (broad SMARTS) is 1. The van der Waals surface area contributed by atoms with E-state index in [0.29, 0.717) is 5.02 Å². The molecule has 0 radical (unpaired) electrons. The molecule has 1 rings (SSSR count). The molecular weight excluding hydrogens is 226 g/mol. The van der Waals surface area contributed by atoms with Gasteiger partial charge in [-0.25, -0.2) is 4.79 Å². The molecule has 0 saturated heterocycles. The Morgan fingerprint density at radius 2 is 2.31 bits per heavy atom. The first-order valence-corrected chi connectivity index (χ1v) is 5.28. The van der Waals surface area contributed by atoms with Gasteiger partial charge in [0.05, 0.1) is 0 Å². The molecule has 0 bridgehead atoms. The fourth-order valence-electron chi connectivity index (χ4n) is 1.25. The third-order valence-corrected chi connectivity index (χ3v) is 2.51. The summed E-state index contributed by atoms with van der Waals surface area (Å²) in [6.45, 7) is 5.65. The molecule has 4 heteroatoms. The standard InChI is InChI=1S/C12H14ClNO2/c1-8(12(15)16)7-14-9(2)10-4-3-5-11(13)6-10/h3-6,9,14H,1,7H2,2H3,(H,15,16)/t9-/m0/s1. The molecule has 0 heterocycles. The van der Waals surface area contributed by atoms with Crippen molar-refractivity contribution in [1.82, 2.24) is 5.32 Å². The molecule has 0 aliphatic heterocycles. The Bertz CT molecular complexity index is 404.